The molecule has 0 spiro atoms. The van der Waals surface area contributed by atoms with Gasteiger partial charge >= 0.3 is 0 Å². The molecule has 3 nitrogen and oxygen atoms in total. The lowest BCUT2D eigenvalue weighted by Crippen LogP contribution is -2.38. The average molecular weight is 268 g/mol. The van der Waals surface area contributed by atoms with E-state index in [0.717, 1.165) is 13.0 Å². The van der Waals surface area contributed by atoms with E-state index in [0.29, 0.717) is 13.0 Å². The largest absolute Gasteiger partial charge is 0.351 e. The minimum Gasteiger partial charge on any atom is -0.351 e. The number of hydrogen-bond acceptors (Lipinski definition) is 3. The smallest absolute Gasteiger partial charge is 0.221 e. The number of rotatable bonds is 6. The molecule has 0 bridgehead atoms. The van der Waals surface area contributed by atoms with Gasteiger partial charge in [-0.1, -0.05) is 6.92 Å². The van der Waals surface area contributed by atoms with Crippen molar-refractivity contribution >= 4 is 17.2 Å². The Kier molecular flexibility index (Phi) is 5.82. The van der Waals surface area contributed by atoms with Gasteiger partial charge in [-0.05, 0) is 39.3 Å². The summed E-state index contributed by atoms with van der Waals surface area (Å²) < 4.78 is 0. The van der Waals surface area contributed by atoms with Crippen LogP contribution in [0.4, 0.5) is 0 Å². The highest BCUT2D eigenvalue weighted by atomic mass is 32.1. The quantitative estimate of drug-likeness (QED) is 0.833. The number of carbonyl (C=O) groups is 1. The van der Waals surface area contributed by atoms with Crippen LogP contribution in [-0.4, -0.2) is 18.0 Å². The summed E-state index contributed by atoms with van der Waals surface area (Å²) in [6.07, 6.45) is 1.59. The van der Waals surface area contributed by atoms with Crippen molar-refractivity contribution in [3.63, 3.8) is 0 Å². The van der Waals surface area contributed by atoms with Crippen molar-refractivity contribution in [2.24, 2.45) is 0 Å². The molecule has 2 N–H and O–H groups in total. The summed E-state index contributed by atoms with van der Waals surface area (Å²) in [4.78, 5) is 14.2. The molecule has 0 saturated heterocycles. The van der Waals surface area contributed by atoms with Crippen LogP contribution in [0.2, 0.25) is 0 Å². The molecular weight excluding hydrogens is 244 g/mol. The minimum absolute atomic E-state index is 0.0735. The molecule has 1 aromatic rings. The highest BCUT2D eigenvalue weighted by molar-refractivity contribution is 7.11. The standard InChI is InChI=1S/C14H24N2OS/c1-5-11-6-7-12(18-11)10-15-13(17)8-9-16-14(2,3)4/h6-7,16H,5,8-10H2,1-4H3,(H,15,17). The molecule has 0 saturated carbocycles. The van der Waals surface area contributed by atoms with Gasteiger partial charge in [0.1, 0.15) is 0 Å². The Labute approximate surface area is 114 Å². The number of amides is 1. The van der Waals surface area contributed by atoms with Crippen molar-refractivity contribution in [3.8, 4) is 0 Å². The molecule has 1 rings (SSSR count). The van der Waals surface area contributed by atoms with E-state index in [2.05, 4.69) is 50.5 Å². The van der Waals surface area contributed by atoms with Gasteiger partial charge in [-0.25, -0.2) is 0 Å². The predicted molar refractivity (Wildman–Crippen MR) is 77.9 cm³/mol. The molecule has 0 aliphatic heterocycles. The van der Waals surface area contributed by atoms with Gasteiger partial charge in [0.25, 0.3) is 0 Å². The van der Waals surface area contributed by atoms with E-state index in [1.54, 1.807) is 11.3 Å². The van der Waals surface area contributed by atoms with Gasteiger partial charge in [0.05, 0.1) is 6.54 Å². The summed E-state index contributed by atoms with van der Waals surface area (Å²) in [5, 5.41) is 6.26. The van der Waals surface area contributed by atoms with Gasteiger partial charge in [0, 0.05) is 28.3 Å². The van der Waals surface area contributed by atoms with Crippen LogP contribution >= 0.6 is 11.3 Å². The molecule has 0 unspecified atom stereocenters. The number of hydrogen-bond donors (Lipinski definition) is 2. The van der Waals surface area contributed by atoms with E-state index in [1.807, 2.05) is 0 Å². The molecule has 18 heavy (non-hydrogen) atoms. The third-order valence-corrected chi connectivity index (χ3v) is 3.76. The Morgan fingerprint density at radius 3 is 2.50 bits per heavy atom. The average Bonchev–Trinajstić information content (AvgIpc) is 2.72. The molecule has 1 amide bonds. The second-order valence-corrected chi connectivity index (χ2v) is 6.68. The monoisotopic (exact) mass is 268 g/mol. The van der Waals surface area contributed by atoms with Crippen molar-refractivity contribution in [2.75, 3.05) is 6.54 Å². The summed E-state index contributed by atoms with van der Waals surface area (Å²) in [7, 11) is 0. The van der Waals surface area contributed by atoms with Gasteiger partial charge in [0.15, 0.2) is 0 Å². The Morgan fingerprint density at radius 2 is 1.94 bits per heavy atom. The van der Waals surface area contributed by atoms with Crippen molar-refractivity contribution in [2.45, 2.75) is 52.6 Å². The SMILES string of the molecule is CCc1ccc(CNC(=O)CCNC(C)(C)C)s1. The van der Waals surface area contributed by atoms with Gasteiger partial charge in [-0.3, -0.25) is 4.79 Å². The van der Waals surface area contributed by atoms with Crippen LogP contribution in [-0.2, 0) is 17.8 Å². The Hall–Kier alpha value is -0.870. The maximum Gasteiger partial charge on any atom is 0.221 e. The van der Waals surface area contributed by atoms with Gasteiger partial charge < -0.3 is 10.6 Å². The van der Waals surface area contributed by atoms with E-state index < -0.39 is 0 Å². The summed E-state index contributed by atoms with van der Waals surface area (Å²) in [6, 6.07) is 4.23. The first kappa shape index (κ1) is 15.2. The van der Waals surface area contributed by atoms with Crippen molar-refractivity contribution in [1.82, 2.24) is 10.6 Å². The zero-order valence-electron chi connectivity index (χ0n) is 11.8. The third kappa shape index (κ3) is 6.17. The van der Waals surface area contributed by atoms with Crippen LogP contribution in [0.3, 0.4) is 0 Å². The second kappa shape index (κ2) is 6.90. The topological polar surface area (TPSA) is 41.1 Å². The molecule has 1 aromatic heterocycles. The van der Waals surface area contributed by atoms with Crippen LogP contribution in [0.25, 0.3) is 0 Å². The van der Waals surface area contributed by atoms with Crippen LogP contribution < -0.4 is 10.6 Å². The summed E-state index contributed by atoms with van der Waals surface area (Å²) in [5.41, 5.74) is 0.0735. The molecule has 0 aliphatic rings. The second-order valence-electron chi connectivity index (χ2n) is 5.43. The van der Waals surface area contributed by atoms with Crippen molar-refractivity contribution in [3.05, 3.63) is 21.9 Å². The van der Waals surface area contributed by atoms with Crippen LogP contribution in [0.15, 0.2) is 12.1 Å². The lowest BCUT2D eigenvalue weighted by Gasteiger charge is -2.20. The van der Waals surface area contributed by atoms with E-state index in [1.165, 1.54) is 9.75 Å². The number of thiophene rings is 1. The maximum absolute atomic E-state index is 11.6. The number of nitrogens with one attached hydrogen (secondary N) is 2. The van der Waals surface area contributed by atoms with E-state index in [4.69, 9.17) is 0 Å². The summed E-state index contributed by atoms with van der Waals surface area (Å²) in [6.45, 7) is 9.82. The summed E-state index contributed by atoms with van der Waals surface area (Å²) >= 11 is 1.77. The molecule has 1 heterocycles. The first-order valence-corrected chi connectivity index (χ1v) is 7.31. The zero-order chi connectivity index (χ0) is 13.6. The molecule has 0 aliphatic carbocycles. The molecule has 0 atom stereocenters. The molecule has 0 radical (unpaired) electrons. The van der Waals surface area contributed by atoms with Gasteiger partial charge in [-0.2, -0.15) is 0 Å². The number of aryl methyl sites for hydroxylation is 1. The fourth-order valence-corrected chi connectivity index (χ4v) is 2.43. The van der Waals surface area contributed by atoms with E-state index in [9.17, 15) is 4.79 Å². The van der Waals surface area contributed by atoms with Gasteiger partial charge in [-0.15, -0.1) is 11.3 Å². The molecular formula is C14H24N2OS. The third-order valence-electron chi connectivity index (χ3n) is 2.53. The number of carbonyl (C=O) groups excluding carboxylic acids is 1. The molecule has 4 heteroatoms. The van der Waals surface area contributed by atoms with Crippen LogP contribution in [0.1, 0.15) is 43.9 Å². The van der Waals surface area contributed by atoms with Crippen LogP contribution in [0, 0.1) is 0 Å². The van der Waals surface area contributed by atoms with E-state index in [-0.39, 0.29) is 11.4 Å². The first-order chi connectivity index (χ1) is 8.40. The lowest BCUT2D eigenvalue weighted by atomic mass is 10.1. The fourth-order valence-electron chi connectivity index (χ4n) is 1.53. The Morgan fingerprint density at radius 1 is 1.28 bits per heavy atom. The maximum atomic E-state index is 11.6. The first-order valence-electron chi connectivity index (χ1n) is 6.50. The van der Waals surface area contributed by atoms with Crippen molar-refractivity contribution < 1.29 is 4.79 Å². The van der Waals surface area contributed by atoms with Crippen molar-refractivity contribution in [1.29, 1.82) is 0 Å². The Balaban J connectivity index is 2.21. The molecule has 0 aromatic carbocycles. The predicted octanol–water partition coefficient (Wildman–Crippen LogP) is 2.70. The molecule has 102 valence electrons. The fraction of sp³-hybridized carbons (Fsp3) is 0.643. The normalized spacial score (nSPS) is 11.6. The van der Waals surface area contributed by atoms with E-state index >= 15 is 0 Å². The Bertz CT molecular complexity index is 379. The van der Waals surface area contributed by atoms with Crippen LogP contribution in [0.5, 0.6) is 0 Å². The lowest BCUT2D eigenvalue weighted by molar-refractivity contribution is -0.121. The zero-order valence-corrected chi connectivity index (χ0v) is 12.6. The highest BCUT2D eigenvalue weighted by Gasteiger charge is 2.09. The van der Waals surface area contributed by atoms with Gasteiger partial charge in [0.2, 0.25) is 5.91 Å². The summed E-state index contributed by atoms with van der Waals surface area (Å²) in [5.74, 6) is 0.109. The molecule has 0 fully saturated rings. The highest BCUT2D eigenvalue weighted by Crippen LogP contribution is 2.16. The minimum atomic E-state index is 0.0735.